The van der Waals surface area contributed by atoms with E-state index >= 15 is 0 Å². The van der Waals surface area contributed by atoms with E-state index in [1.165, 1.54) is 12.8 Å². The van der Waals surface area contributed by atoms with E-state index in [0.29, 0.717) is 31.6 Å². The van der Waals surface area contributed by atoms with Crippen molar-refractivity contribution >= 4 is 12.0 Å². The minimum absolute atomic E-state index is 0.0156. The molecule has 6 nitrogen and oxygen atoms in total. The van der Waals surface area contributed by atoms with Gasteiger partial charge in [0.1, 0.15) is 0 Å². The van der Waals surface area contributed by atoms with Crippen molar-refractivity contribution in [3.05, 3.63) is 0 Å². The number of carboxylic acid groups (broad SMARTS) is 1. The maximum atomic E-state index is 11.9. The van der Waals surface area contributed by atoms with Gasteiger partial charge in [0.2, 0.25) is 0 Å². The van der Waals surface area contributed by atoms with Crippen LogP contribution in [0.4, 0.5) is 4.79 Å². The van der Waals surface area contributed by atoms with Crippen molar-refractivity contribution < 1.29 is 14.7 Å². The SMILES string of the molecule is CC1(CNC(=O)N2CCN(CC(=O)O)CC2)CC1. The Hall–Kier alpha value is -1.30. The van der Waals surface area contributed by atoms with E-state index in [9.17, 15) is 9.59 Å². The number of rotatable bonds is 4. The Morgan fingerprint density at radius 1 is 1.22 bits per heavy atom. The molecule has 0 spiro atoms. The number of amides is 2. The molecular formula is C12H21N3O3. The number of urea groups is 1. The van der Waals surface area contributed by atoms with Gasteiger partial charge in [-0.1, -0.05) is 6.92 Å². The monoisotopic (exact) mass is 255 g/mol. The van der Waals surface area contributed by atoms with Crippen molar-refractivity contribution in [2.75, 3.05) is 39.3 Å². The zero-order valence-electron chi connectivity index (χ0n) is 10.8. The van der Waals surface area contributed by atoms with E-state index in [4.69, 9.17) is 5.11 Å². The summed E-state index contributed by atoms with van der Waals surface area (Å²) in [6.07, 6.45) is 2.39. The average Bonchev–Trinajstić information content (AvgIpc) is 3.05. The maximum Gasteiger partial charge on any atom is 0.317 e. The van der Waals surface area contributed by atoms with Crippen molar-refractivity contribution in [1.82, 2.24) is 15.1 Å². The fourth-order valence-electron chi connectivity index (χ4n) is 2.09. The molecule has 1 aliphatic carbocycles. The summed E-state index contributed by atoms with van der Waals surface area (Å²) >= 11 is 0. The summed E-state index contributed by atoms with van der Waals surface area (Å²) in [5, 5.41) is 11.6. The number of hydrogen-bond acceptors (Lipinski definition) is 3. The van der Waals surface area contributed by atoms with Gasteiger partial charge in [-0.2, -0.15) is 0 Å². The van der Waals surface area contributed by atoms with Crippen LogP contribution in [-0.4, -0.2) is 66.2 Å². The van der Waals surface area contributed by atoms with Crippen molar-refractivity contribution in [3.63, 3.8) is 0 Å². The second-order valence-electron chi connectivity index (χ2n) is 5.63. The maximum absolute atomic E-state index is 11.9. The van der Waals surface area contributed by atoms with Crippen LogP contribution in [0.5, 0.6) is 0 Å². The van der Waals surface area contributed by atoms with Crippen LogP contribution in [0.1, 0.15) is 19.8 Å². The Morgan fingerprint density at radius 2 is 1.83 bits per heavy atom. The minimum Gasteiger partial charge on any atom is -0.480 e. The lowest BCUT2D eigenvalue weighted by Gasteiger charge is -2.34. The van der Waals surface area contributed by atoms with Crippen LogP contribution in [0.25, 0.3) is 0 Å². The predicted octanol–water partition coefficient (Wildman–Crippen LogP) is 0.198. The summed E-state index contributed by atoms with van der Waals surface area (Å²) in [5.41, 5.74) is 0.320. The molecule has 0 bridgehead atoms. The van der Waals surface area contributed by atoms with E-state index < -0.39 is 5.97 Å². The van der Waals surface area contributed by atoms with Gasteiger partial charge in [-0.05, 0) is 18.3 Å². The van der Waals surface area contributed by atoms with Crippen LogP contribution in [0.3, 0.4) is 0 Å². The summed E-state index contributed by atoms with van der Waals surface area (Å²) in [6.45, 7) is 5.48. The fraction of sp³-hybridized carbons (Fsp3) is 0.833. The molecule has 2 rings (SSSR count). The van der Waals surface area contributed by atoms with Crippen LogP contribution >= 0.6 is 0 Å². The molecule has 0 aromatic rings. The lowest BCUT2D eigenvalue weighted by molar-refractivity contribution is -0.138. The number of piperazine rings is 1. The van der Waals surface area contributed by atoms with Crippen molar-refractivity contribution in [2.45, 2.75) is 19.8 Å². The van der Waals surface area contributed by atoms with Gasteiger partial charge in [0.15, 0.2) is 0 Å². The summed E-state index contributed by atoms with van der Waals surface area (Å²) in [6, 6.07) is -0.0156. The Morgan fingerprint density at radius 3 is 2.33 bits per heavy atom. The number of aliphatic carboxylic acids is 1. The minimum atomic E-state index is -0.811. The second-order valence-corrected chi connectivity index (χ2v) is 5.63. The quantitative estimate of drug-likeness (QED) is 0.752. The van der Waals surface area contributed by atoms with Gasteiger partial charge < -0.3 is 15.3 Å². The molecule has 0 unspecified atom stereocenters. The Labute approximate surface area is 107 Å². The lowest BCUT2D eigenvalue weighted by Crippen LogP contribution is -2.53. The highest BCUT2D eigenvalue weighted by Crippen LogP contribution is 2.44. The average molecular weight is 255 g/mol. The first kappa shape index (κ1) is 13.1. The summed E-state index contributed by atoms with van der Waals surface area (Å²) in [5.74, 6) is -0.811. The zero-order valence-corrected chi connectivity index (χ0v) is 10.8. The molecule has 1 aliphatic heterocycles. The third-order valence-electron chi connectivity index (χ3n) is 3.79. The number of nitrogens with zero attached hydrogens (tertiary/aromatic N) is 2. The van der Waals surface area contributed by atoms with Gasteiger partial charge in [0.05, 0.1) is 6.54 Å². The molecule has 1 heterocycles. The van der Waals surface area contributed by atoms with Crippen molar-refractivity contribution in [3.8, 4) is 0 Å². The third kappa shape index (κ3) is 3.60. The van der Waals surface area contributed by atoms with Gasteiger partial charge in [-0.3, -0.25) is 9.69 Å². The first-order valence-corrected chi connectivity index (χ1v) is 6.45. The highest BCUT2D eigenvalue weighted by molar-refractivity contribution is 5.74. The summed E-state index contributed by atoms with van der Waals surface area (Å²) in [4.78, 5) is 26.1. The molecule has 2 amide bonds. The van der Waals surface area contributed by atoms with E-state index in [-0.39, 0.29) is 12.6 Å². The van der Waals surface area contributed by atoms with Gasteiger partial charge in [0, 0.05) is 32.7 Å². The third-order valence-corrected chi connectivity index (χ3v) is 3.79. The highest BCUT2D eigenvalue weighted by atomic mass is 16.4. The molecule has 1 saturated carbocycles. The standard InChI is InChI=1S/C12H21N3O3/c1-12(2-3-12)9-13-11(18)15-6-4-14(5-7-15)8-10(16)17/h2-9H2,1H3,(H,13,18)(H,16,17). The molecule has 0 aromatic carbocycles. The van der Waals surface area contributed by atoms with E-state index in [2.05, 4.69) is 12.2 Å². The lowest BCUT2D eigenvalue weighted by atomic mass is 10.1. The number of hydrogen-bond donors (Lipinski definition) is 2. The van der Waals surface area contributed by atoms with Crippen LogP contribution in [0.15, 0.2) is 0 Å². The van der Waals surface area contributed by atoms with E-state index in [0.717, 1.165) is 6.54 Å². The number of carbonyl (C=O) groups excluding carboxylic acids is 1. The molecule has 2 N–H and O–H groups in total. The number of carbonyl (C=O) groups is 2. The first-order chi connectivity index (χ1) is 8.48. The topological polar surface area (TPSA) is 72.9 Å². The Balaban J connectivity index is 1.68. The summed E-state index contributed by atoms with van der Waals surface area (Å²) in [7, 11) is 0. The van der Waals surface area contributed by atoms with Gasteiger partial charge in [0.25, 0.3) is 0 Å². The molecule has 1 saturated heterocycles. The van der Waals surface area contributed by atoms with Crippen LogP contribution < -0.4 is 5.32 Å². The normalized spacial score (nSPS) is 22.6. The van der Waals surface area contributed by atoms with Crippen molar-refractivity contribution in [1.29, 1.82) is 0 Å². The van der Waals surface area contributed by atoms with Crippen molar-refractivity contribution in [2.24, 2.45) is 5.41 Å². The Bertz CT molecular complexity index is 333. The Kier molecular flexibility index (Phi) is 3.75. The first-order valence-electron chi connectivity index (χ1n) is 6.45. The molecule has 0 atom stereocenters. The van der Waals surface area contributed by atoms with Gasteiger partial charge in [-0.25, -0.2) is 4.79 Å². The smallest absolute Gasteiger partial charge is 0.317 e. The second kappa shape index (κ2) is 5.14. The molecule has 102 valence electrons. The van der Waals surface area contributed by atoms with Gasteiger partial charge in [-0.15, -0.1) is 0 Å². The number of carboxylic acids is 1. The zero-order chi connectivity index (χ0) is 13.2. The van der Waals surface area contributed by atoms with Crippen LogP contribution in [-0.2, 0) is 4.79 Å². The van der Waals surface area contributed by atoms with E-state index in [1.807, 2.05) is 4.90 Å². The molecular weight excluding hydrogens is 234 g/mol. The molecule has 2 fully saturated rings. The molecule has 0 aromatic heterocycles. The molecule has 0 radical (unpaired) electrons. The number of nitrogens with one attached hydrogen (secondary N) is 1. The highest BCUT2D eigenvalue weighted by Gasteiger charge is 2.37. The van der Waals surface area contributed by atoms with E-state index in [1.54, 1.807) is 4.90 Å². The van der Waals surface area contributed by atoms with Crippen LogP contribution in [0, 0.1) is 5.41 Å². The molecule has 18 heavy (non-hydrogen) atoms. The molecule has 6 heteroatoms. The largest absolute Gasteiger partial charge is 0.480 e. The fourth-order valence-corrected chi connectivity index (χ4v) is 2.09. The van der Waals surface area contributed by atoms with Gasteiger partial charge >= 0.3 is 12.0 Å². The van der Waals surface area contributed by atoms with Crippen LogP contribution in [0.2, 0.25) is 0 Å². The molecule has 2 aliphatic rings. The predicted molar refractivity (Wildman–Crippen MR) is 66.4 cm³/mol. The summed E-state index contributed by atoms with van der Waals surface area (Å²) < 4.78 is 0.